The standard InChI is InChI=1S/C27H24N4O2/c1-4-24-30-25-15(2)21(16(3)28-26(25)31-24)14-17-9-11-22-18(13-17)10-12-23(29-22)19-7-5-6-8-20(19)27(32)33/h5-13H,4,14H2,1-3H3,(H,32,33)(H,28,30,31). The summed E-state index contributed by atoms with van der Waals surface area (Å²) in [5.74, 6) is -0.00306. The molecule has 0 radical (unpaired) electrons. The third-order valence-electron chi connectivity index (χ3n) is 6.17. The quantitative estimate of drug-likeness (QED) is 0.372. The molecule has 0 unspecified atom stereocenters. The Morgan fingerprint density at radius 1 is 1.00 bits per heavy atom. The largest absolute Gasteiger partial charge is 0.478 e. The number of aryl methyl sites for hydroxylation is 3. The second kappa shape index (κ2) is 8.13. The lowest BCUT2D eigenvalue weighted by Crippen LogP contribution is -2.01. The molecule has 0 atom stereocenters. The van der Waals surface area contributed by atoms with Crippen molar-refractivity contribution in [1.82, 2.24) is 19.9 Å². The third kappa shape index (κ3) is 3.74. The normalized spacial score (nSPS) is 11.4. The van der Waals surface area contributed by atoms with Crippen LogP contribution in [0.1, 0.15) is 45.5 Å². The van der Waals surface area contributed by atoms with Gasteiger partial charge in [0.1, 0.15) is 5.82 Å². The van der Waals surface area contributed by atoms with Gasteiger partial charge in [0.25, 0.3) is 0 Å². The number of rotatable bonds is 5. The fourth-order valence-corrected chi connectivity index (χ4v) is 4.36. The van der Waals surface area contributed by atoms with Gasteiger partial charge in [-0.25, -0.2) is 19.7 Å². The molecule has 6 heteroatoms. The molecule has 0 saturated heterocycles. The van der Waals surface area contributed by atoms with E-state index in [1.807, 2.05) is 31.2 Å². The molecule has 3 heterocycles. The zero-order valence-corrected chi connectivity index (χ0v) is 18.8. The van der Waals surface area contributed by atoms with Crippen molar-refractivity contribution in [1.29, 1.82) is 0 Å². The van der Waals surface area contributed by atoms with E-state index in [1.165, 1.54) is 16.7 Å². The Balaban J connectivity index is 1.51. The number of nitrogens with zero attached hydrogens (tertiary/aromatic N) is 3. The zero-order chi connectivity index (χ0) is 23.1. The molecule has 0 fully saturated rings. The van der Waals surface area contributed by atoms with Gasteiger partial charge in [0.15, 0.2) is 5.65 Å². The van der Waals surface area contributed by atoms with E-state index in [-0.39, 0.29) is 5.56 Å². The summed E-state index contributed by atoms with van der Waals surface area (Å²) in [6, 6.07) is 17.1. The molecule has 6 nitrogen and oxygen atoms in total. The van der Waals surface area contributed by atoms with Crippen molar-refractivity contribution >= 4 is 28.0 Å². The number of pyridine rings is 2. The fraction of sp³-hybridized carbons (Fsp3) is 0.185. The van der Waals surface area contributed by atoms with Crippen molar-refractivity contribution in [2.45, 2.75) is 33.6 Å². The smallest absolute Gasteiger partial charge is 0.336 e. The van der Waals surface area contributed by atoms with Crippen LogP contribution in [-0.4, -0.2) is 31.0 Å². The number of carboxylic acid groups (broad SMARTS) is 1. The number of carbonyl (C=O) groups is 1. The Hall–Kier alpha value is -4.06. The molecule has 5 rings (SSSR count). The van der Waals surface area contributed by atoms with Gasteiger partial charge in [0.2, 0.25) is 0 Å². The zero-order valence-electron chi connectivity index (χ0n) is 18.8. The first-order chi connectivity index (χ1) is 15.9. The molecule has 0 aliphatic heterocycles. The number of fused-ring (bicyclic) bond motifs is 2. The number of carboxylic acids is 1. The number of nitrogens with one attached hydrogen (secondary N) is 1. The van der Waals surface area contributed by atoms with Crippen molar-refractivity contribution in [2.75, 3.05) is 0 Å². The number of imidazole rings is 1. The van der Waals surface area contributed by atoms with Crippen LogP contribution in [0.5, 0.6) is 0 Å². The number of benzene rings is 2. The van der Waals surface area contributed by atoms with Gasteiger partial charge in [-0.15, -0.1) is 0 Å². The van der Waals surface area contributed by atoms with Crippen LogP contribution in [0, 0.1) is 13.8 Å². The van der Waals surface area contributed by atoms with E-state index in [4.69, 9.17) is 9.97 Å². The molecule has 0 saturated carbocycles. The number of aromatic nitrogens is 4. The molecule has 0 aliphatic rings. The summed E-state index contributed by atoms with van der Waals surface area (Å²) in [7, 11) is 0. The molecule has 0 aliphatic carbocycles. The van der Waals surface area contributed by atoms with E-state index in [9.17, 15) is 9.90 Å². The number of hydrogen-bond donors (Lipinski definition) is 2. The Kier molecular flexibility index (Phi) is 5.13. The maximum atomic E-state index is 11.6. The van der Waals surface area contributed by atoms with E-state index < -0.39 is 5.97 Å². The monoisotopic (exact) mass is 436 g/mol. The molecule has 3 aromatic heterocycles. The number of aromatic carboxylic acids is 1. The lowest BCUT2D eigenvalue weighted by atomic mass is 9.97. The van der Waals surface area contributed by atoms with E-state index in [2.05, 4.69) is 35.9 Å². The van der Waals surface area contributed by atoms with Gasteiger partial charge in [0.05, 0.1) is 22.3 Å². The van der Waals surface area contributed by atoms with Crippen molar-refractivity contribution in [3.05, 3.63) is 88.4 Å². The minimum atomic E-state index is -0.956. The minimum absolute atomic E-state index is 0.250. The molecular weight excluding hydrogens is 412 g/mol. The first-order valence-corrected chi connectivity index (χ1v) is 11.0. The lowest BCUT2D eigenvalue weighted by molar-refractivity contribution is 0.0697. The van der Waals surface area contributed by atoms with Gasteiger partial charge >= 0.3 is 5.97 Å². The molecule has 0 spiro atoms. The molecule has 0 amide bonds. The Bertz CT molecular complexity index is 1530. The van der Waals surface area contributed by atoms with Crippen LogP contribution in [0.4, 0.5) is 0 Å². The first kappa shape index (κ1) is 20.8. The number of H-pyrrole nitrogens is 1. The van der Waals surface area contributed by atoms with Gasteiger partial charge in [-0.2, -0.15) is 0 Å². The molecular formula is C27H24N4O2. The first-order valence-electron chi connectivity index (χ1n) is 11.0. The lowest BCUT2D eigenvalue weighted by Gasteiger charge is -2.11. The topological polar surface area (TPSA) is 91.8 Å². The Morgan fingerprint density at radius 3 is 2.61 bits per heavy atom. The average molecular weight is 437 g/mol. The van der Waals surface area contributed by atoms with E-state index in [0.717, 1.165) is 46.4 Å². The van der Waals surface area contributed by atoms with Crippen LogP contribution in [0.25, 0.3) is 33.3 Å². The molecule has 0 bridgehead atoms. The highest BCUT2D eigenvalue weighted by molar-refractivity contribution is 5.96. The summed E-state index contributed by atoms with van der Waals surface area (Å²) in [4.78, 5) is 29.0. The van der Waals surface area contributed by atoms with Crippen molar-refractivity contribution < 1.29 is 9.90 Å². The minimum Gasteiger partial charge on any atom is -0.478 e. The highest BCUT2D eigenvalue weighted by Gasteiger charge is 2.15. The van der Waals surface area contributed by atoms with Crippen LogP contribution in [0.2, 0.25) is 0 Å². The van der Waals surface area contributed by atoms with Crippen molar-refractivity contribution in [2.24, 2.45) is 0 Å². The fourth-order valence-electron chi connectivity index (χ4n) is 4.36. The number of aromatic amines is 1. The summed E-state index contributed by atoms with van der Waals surface area (Å²) >= 11 is 0. The van der Waals surface area contributed by atoms with Gasteiger partial charge in [-0.05, 0) is 61.2 Å². The Morgan fingerprint density at radius 2 is 1.82 bits per heavy atom. The highest BCUT2D eigenvalue weighted by atomic mass is 16.4. The van der Waals surface area contributed by atoms with Gasteiger partial charge in [-0.3, -0.25) is 0 Å². The maximum absolute atomic E-state index is 11.6. The van der Waals surface area contributed by atoms with Crippen LogP contribution in [0.15, 0.2) is 54.6 Å². The van der Waals surface area contributed by atoms with Gasteiger partial charge < -0.3 is 10.1 Å². The van der Waals surface area contributed by atoms with Crippen LogP contribution >= 0.6 is 0 Å². The summed E-state index contributed by atoms with van der Waals surface area (Å²) in [5.41, 5.74) is 8.70. The van der Waals surface area contributed by atoms with E-state index in [0.29, 0.717) is 11.3 Å². The second-order valence-corrected chi connectivity index (χ2v) is 8.29. The van der Waals surface area contributed by atoms with Crippen molar-refractivity contribution in [3.8, 4) is 11.3 Å². The van der Waals surface area contributed by atoms with Crippen LogP contribution in [0.3, 0.4) is 0 Å². The van der Waals surface area contributed by atoms with E-state index >= 15 is 0 Å². The molecule has 33 heavy (non-hydrogen) atoms. The summed E-state index contributed by atoms with van der Waals surface area (Å²) < 4.78 is 0. The van der Waals surface area contributed by atoms with Gasteiger partial charge in [0, 0.05) is 23.1 Å². The van der Waals surface area contributed by atoms with Crippen LogP contribution < -0.4 is 0 Å². The van der Waals surface area contributed by atoms with Gasteiger partial charge in [-0.1, -0.05) is 37.3 Å². The summed E-state index contributed by atoms with van der Waals surface area (Å²) in [6.45, 7) is 6.24. The Labute approximate surface area is 191 Å². The van der Waals surface area contributed by atoms with Crippen molar-refractivity contribution in [3.63, 3.8) is 0 Å². The van der Waals surface area contributed by atoms with Crippen LogP contribution in [-0.2, 0) is 12.8 Å². The second-order valence-electron chi connectivity index (χ2n) is 8.29. The van der Waals surface area contributed by atoms with E-state index in [1.54, 1.807) is 18.2 Å². The predicted octanol–water partition coefficient (Wildman–Crippen LogP) is 5.64. The SMILES string of the molecule is CCc1nc2nc(C)c(Cc3ccc4nc(-c5ccccc5C(=O)O)ccc4c3)c(C)c2[nH]1. The summed E-state index contributed by atoms with van der Waals surface area (Å²) in [5, 5.41) is 10.5. The maximum Gasteiger partial charge on any atom is 0.336 e. The molecule has 2 N–H and O–H groups in total. The predicted molar refractivity (Wildman–Crippen MR) is 130 cm³/mol. The molecule has 164 valence electrons. The summed E-state index contributed by atoms with van der Waals surface area (Å²) in [6.07, 6.45) is 1.61. The highest BCUT2D eigenvalue weighted by Crippen LogP contribution is 2.27. The average Bonchev–Trinajstić information content (AvgIpc) is 3.24. The molecule has 5 aromatic rings. The third-order valence-corrected chi connectivity index (χ3v) is 6.17. The number of hydrogen-bond acceptors (Lipinski definition) is 4. The molecule has 2 aromatic carbocycles.